The molecule has 114 valence electrons. The number of hydrogen-bond donors (Lipinski definition) is 0. The first-order valence-electron chi connectivity index (χ1n) is 5.67. The van der Waals surface area contributed by atoms with Gasteiger partial charge >= 0.3 is 12.1 Å². The van der Waals surface area contributed by atoms with Crippen LogP contribution in [0.4, 0.5) is 18.9 Å². The highest BCUT2D eigenvalue weighted by molar-refractivity contribution is 7.94. The minimum absolute atomic E-state index is 0.0755. The summed E-state index contributed by atoms with van der Waals surface area (Å²) in [7, 11) is -3.60. The number of benzene rings is 1. The van der Waals surface area contributed by atoms with Gasteiger partial charge in [-0.05, 0) is 30.3 Å². The van der Waals surface area contributed by atoms with E-state index in [-0.39, 0.29) is 10.7 Å². The van der Waals surface area contributed by atoms with Gasteiger partial charge in [0, 0.05) is 16.1 Å². The monoisotopic (exact) mass is 339 g/mol. The van der Waals surface area contributed by atoms with E-state index in [1.165, 1.54) is 24.3 Å². The van der Waals surface area contributed by atoms with E-state index >= 15 is 0 Å². The molecule has 1 atom stereocenters. The lowest BCUT2D eigenvalue weighted by Crippen LogP contribution is -2.47. The fourth-order valence-electron chi connectivity index (χ4n) is 1.92. The minimum atomic E-state index is -5.11. The number of amides is 1. The van der Waals surface area contributed by atoms with E-state index in [0.29, 0.717) is 4.90 Å². The van der Waals surface area contributed by atoms with Crippen molar-refractivity contribution in [1.29, 1.82) is 0 Å². The topological polar surface area (TPSA) is 54.5 Å². The van der Waals surface area contributed by atoms with Crippen LogP contribution >= 0.6 is 11.6 Å². The first-order valence-corrected chi connectivity index (χ1v) is 7.76. The number of sulfone groups is 1. The van der Waals surface area contributed by atoms with Gasteiger partial charge < -0.3 is 0 Å². The van der Waals surface area contributed by atoms with E-state index in [1.54, 1.807) is 0 Å². The number of carbonyl (C=O) groups is 1. The number of alkyl halides is 3. The SMILES string of the molecule is O=C(N(c1ccc(Cl)cc1)[C@H]1C=CS(=O)(=O)C1)C(F)(F)F. The lowest BCUT2D eigenvalue weighted by atomic mass is 10.2. The van der Waals surface area contributed by atoms with E-state index in [9.17, 15) is 26.4 Å². The molecule has 1 aliphatic heterocycles. The molecule has 2 rings (SSSR count). The van der Waals surface area contributed by atoms with Crippen molar-refractivity contribution in [3.63, 3.8) is 0 Å². The highest BCUT2D eigenvalue weighted by atomic mass is 35.5. The number of nitrogens with zero attached hydrogens (tertiary/aromatic N) is 1. The third-order valence-corrected chi connectivity index (χ3v) is 4.44. The summed E-state index contributed by atoms with van der Waals surface area (Å²) >= 11 is 5.66. The van der Waals surface area contributed by atoms with Crippen LogP contribution in [0.3, 0.4) is 0 Å². The first-order chi connectivity index (χ1) is 9.60. The molecule has 0 spiro atoms. The lowest BCUT2D eigenvalue weighted by Gasteiger charge is -2.28. The third kappa shape index (κ3) is 3.56. The molecule has 0 saturated carbocycles. The zero-order valence-electron chi connectivity index (χ0n) is 10.3. The summed E-state index contributed by atoms with van der Waals surface area (Å²) in [6, 6.07) is 3.89. The molecule has 1 aromatic carbocycles. The quantitative estimate of drug-likeness (QED) is 0.832. The summed E-state index contributed by atoms with van der Waals surface area (Å²) in [5.74, 6) is -2.71. The molecule has 0 aliphatic carbocycles. The van der Waals surface area contributed by atoms with Crippen LogP contribution in [0.2, 0.25) is 5.02 Å². The summed E-state index contributed by atoms with van der Waals surface area (Å²) in [6.07, 6.45) is -4.05. The molecule has 0 radical (unpaired) electrons. The smallest absolute Gasteiger partial charge is 0.297 e. The summed E-state index contributed by atoms with van der Waals surface area (Å²) in [6.45, 7) is 0. The van der Waals surface area contributed by atoms with Crippen molar-refractivity contribution in [2.75, 3.05) is 10.7 Å². The largest absolute Gasteiger partial charge is 0.471 e. The van der Waals surface area contributed by atoms with Crippen molar-refractivity contribution in [1.82, 2.24) is 0 Å². The van der Waals surface area contributed by atoms with Crippen LogP contribution in [0.15, 0.2) is 35.7 Å². The second-order valence-corrected chi connectivity index (χ2v) is 6.74. The number of hydrogen-bond acceptors (Lipinski definition) is 3. The van der Waals surface area contributed by atoms with Gasteiger partial charge in [0.2, 0.25) is 0 Å². The van der Waals surface area contributed by atoms with Crippen molar-refractivity contribution < 1.29 is 26.4 Å². The van der Waals surface area contributed by atoms with Crippen molar-refractivity contribution in [3.8, 4) is 0 Å². The van der Waals surface area contributed by atoms with Crippen LogP contribution in [0.5, 0.6) is 0 Å². The van der Waals surface area contributed by atoms with Gasteiger partial charge in [-0.25, -0.2) is 8.42 Å². The molecular weight excluding hydrogens is 331 g/mol. The highest BCUT2D eigenvalue weighted by Crippen LogP contribution is 2.29. The van der Waals surface area contributed by atoms with Crippen LogP contribution in [0, 0.1) is 0 Å². The fourth-order valence-corrected chi connectivity index (χ4v) is 3.31. The van der Waals surface area contributed by atoms with E-state index in [4.69, 9.17) is 11.6 Å². The van der Waals surface area contributed by atoms with Crippen molar-refractivity contribution in [3.05, 3.63) is 40.8 Å². The summed E-state index contributed by atoms with van der Waals surface area (Å²) in [5, 5.41) is 1.09. The van der Waals surface area contributed by atoms with E-state index < -0.39 is 33.7 Å². The molecule has 4 nitrogen and oxygen atoms in total. The maximum absolute atomic E-state index is 12.7. The lowest BCUT2D eigenvalue weighted by molar-refractivity contribution is -0.170. The first kappa shape index (κ1) is 15.8. The Kier molecular flexibility index (Phi) is 4.03. The van der Waals surface area contributed by atoms with Crippen LogP contribution in [-0.2, 0) is 14.6 Å². The van der Waals surface area contributed by atoms with Gasteiger partial charge in [0.25, 0.3) is 0 Å². The Balaban J connectivity index is 2.43. The molecule has 1 heterocycles. The fraction of sp³-hybridized carbons (Fsp3) is 0.250. The van der Waals surface area contributed by atoms with E-state index in [2.05, 4.69) is 0 Å². The molecule has 9 heteroatoms. The molecule has 1 amide bonds. The molecule has 21 heavy (non-hydrogen) atoms. The predicted molar refractivity (Wildman–Crippen MR) is 71.7 cm³/mol. The van der Waals surface area contributed by atoms with Crippen LogP contribution in [-0.4, -0.2) is 32.3 Å². The van der Waals surface area contributed by atoms with Gasteiger partial charge in [0.05, 0.1) is 11.8 Å². The number of rotatable bonds is 2. The molecule has 0 bridgehead atoms. The Bertz CT molecular complexity index is 683. The molecule has 1 aliphatic rings. The molecule has 0 fully saturated rings. The van der Waals surface area contributed by atoms with Crippen LogP contribution in [0.1, 0.15) is 0 Å². The standard InChI is InChI=1S/C12H9ClF3NO3S/c13-8-1-3-9(4-2-8)17(11(18)12(14,15)16)10-5-6-21(19,20)7-10/h1-6,10H,7H2/t10-/m0/s1. The van der Waals surface area contributed by atoms with Gasteiger partial charge in [0.1, 0.15) is 0 Å². The second-order valence-electron chi connectivity index (χ2n) is 4.37. The van der Waals surface area contributed by atoms with E-state index in [1.807, 2.05) is 0 Å². The molecule has 0 N–H and O–H groups in total. The minimum Gasteiger partial charge on any atom is -0.297 e. The molecule has 0 aromatic heterocycles. The summed E-state index contributed by atoms with van der Waals surface area (Å²) < 4.78 is 60.9. The average molecular weight is 340 g/mol. The molecular formula is C12H9ClF3NO3S. The maximum Gasteiger partial charge on any atom is 0.471 e. The van der Waals surface area contributed by atoms with E-state index in [0.717, 1.165) is 11.5 Å². The second kappa shape index (κ2) is 5.34. The Morgan fingerprint density at radius 1 is 1.24 bits per heavy atom. The summed E-state index contributed by atoms with van der Waals surface area (Å²) in [4.78, 5) is 12.0. The van der Waals surface area contributed by atoms with Crippen molar-refractivity contribution >= 4 is 33.0 Å². The zero-order chi connectivity index (χ0) is 15.8. The number of carbonyl (C=O) groups excluding carboxylic acids is 1. The van der Waals surface area contributed by atoms with Crippen LogP contribution < -0.4 is 4.90 Å². The van der Waals surface area contributed by atoms with Crippen LogP contribution in [0.25, 0.3) is 0 Å². The third-order valence-electron chi connectivity index (χ3n) is 2.81. The highest BCUT2D eigenvalue weighted by Gasteiger charge is 2.46. The Hall–Kier alpha value is -1.54. The molecule has 0 saturated heterocycles. The Labute approximate surface area is 123 Å². The number of halogens is 4. The van der Waals surface area contributed by atoms with Crippen molar-refractivity contribution in [2.45, 2.75) is 12.2 Å². The van der Waals surface area contributed by atoms with Crippen molar-refractivity contribution in [2.24, 2.45) is 0 Å². The average Bonchev–Trinajstić information content (AvgIpc) is 2.71. The zero-order valence-corrected chi connectivity index (χ0v) is 11.9. The molecule has 0 unspecified atom stereocenters. The maximum atomic E-state index is 12.7. The predicted octanol–water partition coefficient (Wildman–Crippen LogP) is 2.55. The summed E-state index contributed by atoms with van der Waals surface area (Å²) in [5.41, 5.74) is -0.0755. The van der Waals surface area contributed by atoms with Gasteiger partial charge in [0.15, 0.2) is 9.84 Å². The van der Waals surface area contributed by atoms with Gasteiger partial charge in [-0.15, -0.1) is 0 Å². The van der Waals surface area contributed by atoms with Gasteiger partial charge in [-0.1, -0.05) is 11.6 Å². The normalized spacial score (nSPS) is 20.5. The molecule has 1 aromatic rings. The Morgan fingerprint density at radius 3 is 2.24 bits per heavy atom. The Morgan fingerprint density at radius 2 is 1.81 bits per heavy atom. The van der Waals surface area contributed by atoms with Gasteiger partial charge in [-0.2, -0.15) is 13.2 Å². The van der Waals surface area contributed by atoms with Gasteiger partial charge in [-0.3, -0.25) is 9.69 Å². The number of anilines is 1.